The molecule has 1 aliphatic rings. The molecule has 0 saturated carbocycles. The van der Waals surface area contributed by atoms with Gasteiger partial charge in [0.2, 0.25) is 5.91 Å². The van der Waals surface area contributed by atoms with Crippen molar-refractivity contribution in [3.8, 4) is 0 Å². The summed E-state index contributed by atoms with van der Waals surface area (Å²) >= 11 is 0. The lowest BCUT2D eigenvalue weighted by Gasteiger charge is -2.29. The van der Waals surface area contributed by atoms with Gasteiger partial charge in [0.15, 0.2) is 0 Å². The molecule has 0 spiro atoms. The Bertz CT molecular complexity index is 898. The molecule has 10 nitrogen and oxygen atoms in total. The van der Waals surface area contributed by atoms with Gasteiger partial charge < -0.3 is 29.7 Å². The molecule has 2 N–H and O–H groups in total. The first-order chi connectivity index (χ1) is 16.5. The number of nitrogens with one attached hydrogen (secondary N) is 2. The van der Waals surface area contributed by atoms with E-state index in [9.17, 15) is 19.2 Å². The van der Waals surface area contributed by atoms with Gasteiger partial charge in [0.25, 0.3) is 0 Å². The number of hydrogen-bond donors (Lipinski definition) is 2. The first-order valence-electron chi connectivity index (χ1n) is 11.5. The van der Waals surface area contributed by atoms with Crippen LogP contribution in [0.4, 0.5) is 9.59 Å². The SMILES string of the molecule is C=CC1C[C@@H](C(=O)OC)N(C(=O)[C@H](CCNC(=O)OCc2ccccc2)NC(=O)OC(C)(C)C)C1. The van der Waals surface area contributed by atoms with Gasteiger partial charge >= 0.3 is 18.2 Å². The number of nitrogens with zero attached hydrogens (tertiary/aromatic N) is 1. The molecule has 1 heterocycles. The fourth-order valence-corrected chi connectivity index (χ4v) is 3.64. The Kier molecular flexibility index (Phi) is 10.1. The maximum Gasteiger partial charge on any atom is 0.408 e. The van der Waals surface area contributed by atoms with Crippen LogP contribution in [0.5, 0.6) is 0 Å². The number of esters is 1. The zero-order valence-electron chi connectivity index (χ0n) is 20.7. The van der Waals surface area contributed by atoms with Gasteiger partial charge in [0.05, 0.1) is 7.11 Å². The Morgan fingerprint density at radius 1 is 1.17 bits per heavy atom. The van der Waals surface area contributed by atoms with Crippen molar-refractivity contribution in [1.29, 1.82) is 0 Å². The van der Waals surface area contributed by atoms with E-state index in [1.165, 1.54) is 12.0 Å². The second-order valence-corrected chi connectivity index (χ2v) is 9.24. The molecular formula is C25H35N3O7. The number of carbonyl (C=O) groups excluding carboxylic acids is 4. The second kappa shape index (κ2) is 12.8. The molecule has 1 aromatic carbocycles. The number of carbonyl (C=O) groups is 4. The van der Waals surface area contributed by atoms with Crippen LogP contribution >= 0.6 is 0 Å². The van der Waals surface area contributed by atoms with Crippen molar-refractivity contribution in [2.45, 2.75) is 57.9 Å². The molecule has 192 valence electrons. The second-order valence-electron chi connectivity index (χ2n) is 9.24. The fraction of sp³-hybridized carbons (Fsp3) is 0.520. The molecule has 35 heavy (non-hydrogen) atoms. The van der Waals surface area contributed by atoms with E-state index >= 15 is 0 Å². The number of alkyl carbamates (subject to hydrolysis) is 2. The van der Waals surface area contributed by atoms with Gasteiger partial charge in [-0.1, -0.05) is 36.4 Å². The highest BCUT2D eigenvalue weighted by atomic mass is 16.6. The molecule has 0 aliphatic carbocycles. The molecule has 1 fully saturated rings. The van der Waals surface area contributed by atoms with Crippen LogP contribution in [0.2, 0.25) is 0 Å². The fourth-order valence-electron chi connectivity index (χ4n) is 3.64. The van der Waals surface area contributed by atoms with Gasteiger partial charge in [0, 0.05) is 13.1 Å². The van der Waals surface area contributed by atoms with Gasteiger partial charge in [-0.3, -0.25) is 4.79 Å². The van der Waals surface area contributed by atoms with E-state index in [1.807, 2.05) is 30.3 Å². The van der Waals surface area contributed by atoms with Gasteiger partial charge in [-0.25, -0.2) is 14.4 Å². The maximum atomic E-state index is 13.4. The monoisotopic (exact) mass is 489 g/mol. The minimum absolute atomic E-state index is 0.0431. The number of methoxy groups -OCH3 is 1. The number of likely N-dealkylation sites (tertiary alicyclic amines) is 1. The van der Waals surface area contributed by atoms with Crippen LogP contribution in [-0.2, 0) is 30.4 Å². The topological polar surface area (TPSA) is 123 Å². The summed E-state index contributed by atoms with van der Waals surface area (Å²) in [5.41, 5.74) is 0.0646. The van der Waals surface area contributed by atoms with Crippen molar-refractivity contribution in [2.24, 2.45) is 5.92 Å². The van der Waals surface area contributed by atoms with E-state index in [4.69, 9.17) is 14.2 Å². The molecule has 1 aliphatic heterocycles. The van der Waals surface area contributed by atoms with Gasteiger partial charge in [0.1, 0.15) is 24.3 Å². The zero-order chi connectivity index (χ0) is 26.0. The molecule has 3 amide bonds. The summed E-state index contributed by atoms with van der Waals surface area (Å²) in [6.45, 7) is 9.28. The molecule has 1 unspecified atom stereocenters. The van der Waals surface area contributed by atoms with Crippen molar-refractivity contribution in [1.82, 2.24) is 15.5 Å². The summed E-state index contributed by atoms with van der Waals surface area (Å²) in [5.74, 6) is -1.10. The molecule has 1 aromatic rings. The number of benzene rings is 1. The Morgan fingerprint density at radius 2 is 1.86 bits per heavy atom. The standard InChI is InChI=1S/C25H35N3O7/c1-6-17-14-20(22(30)33-5)28(15-17)21(29)19(27-24(32)35-25(2,3)4)12-13-26-23(31)34-16-18-10-8-7-9-11-18/h6-11,17,19-20H,1,12-16H2,2-5H3,(H,26,31)(H,27,32)/t17?,19-,20-/m0/s1. The van der Waals surface area contributed by atoms with Crippen LogP contribution in [-0.4, -0.2) is 66.8 Å². The first kappa shape index (κ1) is 27.7. The average molecular weight is 490 g/mol. The van der Waals surface area contributed by atoms with Crippen molar-refractivity contribution in [2.75, 3.05) is 20.2 Å². The molecule has 0 radical (unpaired) electrons. The molecule has 1 saturated heterocycles. The van der Waals surface area contributed by atoms with Crippen LogP contribution in [0.1, 0.15) is 39.2 Å². The molecular weight excluding hydrogens is 454 g/mol. The number of ether oxygens (including phenoxy) is 3. The van der Waals surface area contributed by atoms with Crippen LogP contribution in [0, 0.1) is 5.92 Å². The van der Waals surface area contributed by atoms with Crippen LogP contribution < -0.4 is 10.6 Å². The third-order valence-corrected chi connectivity index (χ3v) is 5.33. The van der Waals surface area contributed by atoms with Crippen molar-refractivity contribution in [3.63, 3.8) is 0 Å². The number of amides is 3. The predicted octanol–water partition coefficient (Wildman–Crippen LogP) is 2.77. The summed E-state index contributed by atoms with van der Waals surface area (Å²) < 4.78 is 15.3. The summed E-state index contributed by atoms with van der Waals surface area (Å²) in [4.78, 5) is 51.6. The van der Waals surface area contributed by atoms with Gasteiger partial charge in [-0.15, -0.1) is 6.58 Å². The summed E-state index contributed by atoms with van der Waals surface area (Å²) in [7, 11) is 1.26. The maximum absolute atomic E-state index is 13.4. The lowest BCUT2D eigenvalue weighted by Crippen LogP contribution is -2.53. The van der Waals surface area contributed by atoms with E-state index in [-0.39, 0.29) is 32.0 Å². The Hall–Kier alpha value is -3.56. The molecule has 2 rings (SSSR count). The van der Waals surface area contributed by atoms with E-state index < -0.39 is 41.7 Å². The van der Waals surface area contributed by atoms with E-state index in [0.29, 0.717) is 6.42 Å². The zero-order valence-corrected chi connectivity index (χ0v) is 20.7. The quantitative estimate of drug-likeness (QED) is 0.311. The minimum Gasteiger partial charge on any atom is -0.467 e. The van der Waals surface area contributed by atoms with Crippen molar-refractivity contribution < 1.29 is 33.4 Å². The Morgan fingerprint density at radius 3 is 2.46 bits per heavy atom. The van der Waals surface area contributed by atoms with Crippen molar-refractivity contribution >= 4 is 24.1 Å². The molecule has 10 heteroatoms. The van der Waals surface area contributed by atoms with Crippen molar-refractivity contribution in [3.05, 3.63) is 48.6 Å². The lowest BCUT2D eigenvalue weighted by atomic mass is 10.1. The molecule has 0 bridgehead atoms. The summed E-state index contributed by atoms with van der Waals surface area (Å²) in [6.07, 6.45) is 0.686. The third kappa shape index (κ3) is 8.95. The first-order valence-corrected chi connectivity index (χ1v) is 11.5. The normalized spacial score (nSPS) is 18.2. The summed E-state index contributed by atoms with van der Waals surface area (Å²) in [6, 6.07) is 7.37. The highest BCUT2D eigenvalue weighted by molar-refractivity contribution is 5.90. The Labute approximate surface area is 206 Å². The smallest absolute Gasteiger partial charge is 0.408 e. The highest BCUT2D eigenvalue weighted by Crippen LogP contribution is 2.26. The van der Waals surface area contributed by atoms with Crippen LogP contribution in [0.15, 0.2) is 43.0 Å². The van der Waals surface area contributed by atoms with E-state index in [0.717, 1.165) is 5.56 Å². The lowest BCUT2D eigenvalue weighted by molar-refractivity contribution is -0.151. The number of rotatable bonds is 9. The molecule has 0 aromatic heterocycles. The van der Waals surface area contributed by atoms with Gasteiger partial charge in [-0.2, -0.15) is 0 Å². The third-order valence-electron chi connectivity index (χ3n) is 5.33. The molecule has 3 atom stereocenters. The van der Waals surface area contributed by atoms with Gasteiger partial charge in [-0.05, 0) is 45.1 Å². The van der Waals surface area contributed by atoms with E-state index in [2.05, 4.69) is 17.2 Å². The number of hydrogen-bond acceptors (Lipinski definition) is 7. The predicted molar refractivity (Wildman–Crippen MR) is 128 cm³/mol. The minimum atomic E-state index is -1.05. The van der Waals surface area contributed by atoms with E-state index in [1.54, 1.807) is 26.8 Å². The Balaban J connectivity index is 2.04. The summed E-state index contributed by atoms with van der Waals surface area (Å²) in [5, 5.41) is 5.15. The van der Waals surface area contributed by atoms with Crippen LogP contribution in [0.3, 0.4) is 0 Å². The van der Waals surface area contributed by atoms with Crippen LogP contribution in [0.25, 0.3) is 0 Å². The largest absolute Gasteiger partial charge is 0.467 e. The highest BCUT2D eigenvalue weighted by Gasteiger charge is 2.42. The average Bonchev–Trinajstić information content (AvgIpc) is 3.25.